The number of aliphatic carboxylic acids is 1. The second-order valence-electron chi connectivity index (χ2n) is 5.65. The largest absolute Gasteiger partial charge is 0.479 e. The van der Waals surface area contributed by atoms with Crippen molar-refractivity contribution in [3.8, 4) is 0 Å². The van der Waals surface area contributed by atoms with Crippen molar-refractivity contribution in [1.82, 2.24) is 4.90 Å². The van der Waals surface area contributed by atoms with E-state index in [9.17, 15) is 9.59 Å². The number of carbonyl (C=O) groups excluding carboxylic acids is 1. The summed E-state index contributed by atoms with van der Waals surface area (Å²) in [4.78, 5) is 24.8. The molecule has 0 spiro atoms. The lowest BCUT2D eigenvalue weighted by molar-refractivity contribution is -0.159. The number of aryl methyl sites for hydroxylation is 1. The minimum Gasteiger partial charge on any atom is -0.479 e. The molecule has 1 saturated heterocycles. The second kappa shape index (κ2) is 7.10. The second-order valence-corrected chi connectivity index (χ2v) is 6.56. The maximum atomic E-state index is 12.2. The fourth-order valence-electron chi connectivity index (χ4n) is 2.84. The zero-order chi connectivity index (χ0) is 16.2. The van der Waals surface area contributed by atoms with Gasteiger partial charge in [-0.1, -0.05) is 18.2 Å². The van der Waals surface area contributed by atoms with Crippen LogP contribution in [0.1, 0.15) is 18.4 Å². The molecule has 2 aromatic rings. The number of carboxylic acids is 1. The lowest BCUT2D eigenvalue weighted by Crippen LogP contribution is -2.48. The number of amides is 1. The number of rotatable bonds is 5. The van der Waals surface area contributed by atoms with Crippen LogP contribution in [-0.4, -0.2) is 47.7 Å². The topological polar surface area (TPSA) is 66.8 Å². The molecule has 1 fully saturated rings. The molecular formula is C17H19NO4S. The Bertz CT molecular complexity index is 711. The van der Waals surface area contributed by atoms with Crippen molar-refractivity contribution in [1.29, 1.82) is 0 Å². The molecule has 1 amide bonds. The predicted molar refractivity (Wildman–Crippen MR) is 88.7 cm³/mol. The summed E-state index contributed by atoms with van der Waals surface area (Å²) in [6, 6.07) is 8.28. The summed E-state index contributed by atoms with van der Waals surface area (Å²) in [5.41, 5.74) is 1.28. The van der Waals surface area contributed by atoms with Gasteiger partial charge in [-0.2, -0.15) is 0 Å². The van der Waals surface area contributed by atoms with Gasteiger partial charge in [-0.05, 0) is 35.2 Å². The van der Waals surface area contributed by atoms with Crippen LogP contribution in [0.25, 0.3) is 10.1 Å². The number of thiophene rings is 1. The molecule has 0 radical (unpaired) electrons. The van der Waals surface area contributed by atoms with Gasteiger partial charge < -0.3 is 14.7 Å². The van der Waals surface area contributed by atoms with Crippen LogP contribution in [0.2, 0.25) is 0 Å². The molecule has 1 aliphatic heterocycles. The van der Waals surface area contributed by atoms with Gasteiger partial charge in [0.05, 0.1) is 13.2 Å². The van der Waals surface area contributed by atoms with Gasteiger partial charge in [-0.3, -0.25) is 4.79 Å². The Morgan fingerprint density at radius 2 is 2.17 bits per heavy atom. The van der Waals surface area contributed by atoms with Crippen LogP contribution in [-0.2, 0) is 20.7 Å². The summed E-state index contributed by atoms with van der Waals surface area (Å²) in [5.74, 6) is -0.994. The first-order valence-corrected chi connectivity index (χ1v) is 8.60. The third kappa shape index (κ3) is 3.71. The minimum atomic E-state index is -1.01. The van der Waals surface area contributed by atoms with Crippen LogP contribution in [0, 0.1) is 0 Å². The third-order valence-electron chi connectivity index (χ3n) is 4.09. The predicted octanol–water partition coefficient (Wildman–Crippen LogP) is 2.54. The SMILES string of the molecule is O=C(O)[C@H]1CN(C(=O)CCCc2csc3ccccc23)CCO1. The van der Waals surface area contributed by atoms with Gasteiger partial charge >= 0.3 is 5.97 Å². The first kappa shape index (κ1) is 16.0. The normalized spacial score (nSPS) is 18.3. The lowest BCUT2D eigenvalue weighted by Gasteiger charge is -2.30. The van der Waals surface area contributed by atoms with Crippen molar-refractivity contribution in [2.45, 2.75) is 25.4 Å². The number of ether oxygens (including phenoxy) is 1. The molecule has 1 aliphatic rings. The third-order valence-corrected chi connectivity index (χ3v) is 5.10. The Balaban J connectivity index is 1.52. The summed E-state index contributed by atoms with van der Waals surface area (Å²) in [7, 11) is 0. The van der Waals surface area contributed by atoms with E-state index in [-0.39, 0.29) is 19.1 Å². The van der Waals surface area contributed by atoms with Crippen molar-refractivity contribution in [3.63, 3.8) is 0 Å². The smallest absolute Gasteiger partial charge is 0.334 e. The van der Waals surface area contributed by atoms with Crippen molar-refractivity contribution in [3.05, 3.63) is 35.2 Å². The summed E-state index contributed by atoms with van der Waals surface area (Å²) in [5, 5.41) is 12.4. The number of hydrogen-bond donors (Lipinski definition) is 1. The van der Waals surface area contributed by atoms with Crippen molar-refractivity contribution in [2.24, 2.45) is 0 Å². The van der Waals surface area contributed by atoms with E-state index in [0.29, 0.717) is 13.0 Å². The van der Waals surface area contributed by atoms with Crippen molar-refractivity contribution < 1.29 is 19.4 Å². The van der Waals surface area contributed by atoms with E-state index < -0.39 is 12.1 Å². The van der Waals surface area contributed by atoms with Gasteiger partial charge in [0.25, 0.3) is 0 Å². The van der Waals surface area contributed by atoms with Crippen LogP contribution in [0.15, 0.2) is 29.6 Å². The molecule has 23 heavy (non-hydrogen) atoms. The highest BCUT2D eigenvalue weighted by atomic mass is 32.1. The molecule has 0 bridgehead atoms. The molecule has 1 aromatic heterocycles. The molecule has 1 atom stereocenters. The average molecular weight is 333 g/mol. The molecule has 5 nitrogen and oxygen atoms in total. The molecule has 0 aliphatic carbocycles. The Morgan fingerprint density at radius 3 is 3.00 bits per heavy atom. The minimum absolute atomic E-state index is 0.0130. The number of hydrogen-bond acceptors (Lipinski definition) is 4. The highest BCUT2D eigenvalue weighted by Crippen LogP contribution is 2.26. The number of fused-ring (bicyclic) bond motifs is 1. The van der Waals surface area contributed by atoms with Gasteiger partial charge in [-0.15, -0.1) is 11.3 Å². The Labute approximate surface area is 138 Å². The van der Waals surface area contributed by atoms with Crippen LogP contribution in [0.4, 0.5) is 0 Å². The number of carboxylic acid groups (broad SMARTS) is 1. The zero-order valence-electron chi connectivity index (χ0n) is 12.7. The van der Waals surface area contributed by atoms with Crippen LogP contribution in [0.5, 0.6) is 0 Å². The summed E-state index contributed by atoms with van der Waals surface area (Å²) < 4.78 is 6.41. The van der Waals surface area contributed by atoms with Gasteiger partial charge in [0, 0.05) is 17.7 Å². The summed E-state index contributed by atoms with van der Waals surface area (Å²) in [6.45, 7) is 0.914. The van der Waals surface area contributed by atoms with E-state index in [1.54, 1.807) is 16.2 Å². The fourth-order valence-corrected chi connectivity index (χ4v) is 3.84. The van der Waals surface area contributed by atoms with Crippen LogP contribution < -0.4 is 0 Å². The number of morpholine rings is 1. The molecular weight excluding hydrogens is 314 g/mol. The van der Waals surface area contributed by atoms with Gasteiger partial charge in [0.2, 0.25) is 5.91 Å². The van der Waals surface area contributed by atoms with Crippen LogP contribution >= 0.6 is 11.3 Å². The van der Waals surface area contributed by atoms with E-state index in [2.05, 4.69) is 17.5 Å². The monoisotopic (exact) mass is 333 g/mol. The molecule has 3 rings (SSSR count). The molecule has 1 N–H and O–H groups in total. The molecule has 0 saturated carbocycles. The highest BCUT2D eigenvalue weighted by molar-refractivity contribution is 7.17. The van der Waals surface area contributed by atoms with E-state index in [0.717, 1.165) is 12.8 Å². The van der Waals surface area contributed by atoms with E-state index in [1.165, 1.54) is 15.6 Å². The van der Waals surface area contributed by atoms with Gasteiger partial charge in [0.1, 0.15) is 0 Å². The standard InChI is InChI=1S/C17H19NO4S/c19-16(18-8-9-22-14(10-18)17(20)21)7-3-4-12-11-23-15-6-2-1-5-13(12)15/h1-2,5-6,11,14H,3-4,7-10H2,(H,20,21)/t14-/m1/s1. The molecule has 0 unspecified atom stereocenters. The van der Waals surface area contributed by atoms with Gasteiger partial charge in [-0.25, -0.2) is 4.79 Å². The van der Waals surface area contributed by atoms with E-state index >= 15 is 0 Å². The van der Waals surface area contributed by atoms with Crippen LogP contribution in [0.3, 0.4) is 0 Å². The average Bonchev–Trinajstić information content (AvgIpc) is 2.98. The number of carbonyl (C=O) groups is 2. The Hall–Kier alpha value is -1.92. The molecule has 6 heteroatoms. The quantitative estimate of drug-likeness (QED) is 0.913. The molecule has 1 aromatic carbocycles. The fraction of sp³-hybridized carbons (Fsp3) is 0.412. The van der Waals surface area contributed by atoms with E-state index in [4.69, 9.17) is 9.84 Å². The number of benzene rings is 1. The maximum absolute atomic E-state index is 12.2. The Morgan fingerprint density at radius 1 is 1.35 bits per heavy atom. The first-order valence-electron chi connectivity index (χ1n) is 7.72. The molecule has 122 valence electrons. The molecule has 2 heterocycles. The van der Waals surface area contributed by atoms with E-state index in [1.807, 2.05) is 12.1 Å². The summed E-state index contributed by atoms with van der Waals surface area (Å²) in [6.07, 6.45) is 1.18. The summed E-state index contributed by atoms with van der Waals surface area (Å²) >= 11 is 1.73. The Kier molecular flexibility index (Phi) is 4.93. The highest BCUT2D eigenvalue weighted by Gasteiger charge is 2.28. The maximum Gasteiger partial charge on any atom is 0.334 e. The number of nitrogens with zero attached hydrogens (tertiary/aromatic N) is 1. The van der Waals surface area contributed by atoms with Gasteiger partial charge in [0.15, 0.2) is 6.10 Å². The van der Waals surface area contributed by atoms with Crippen molar-refractivity contribution in [2.75, 3.05) is 19.7 Å². The lowest BCUT2D eigenvalue weighted by atomic mass is 10.1. The first-order chi connectivity index (χ1) is 11.1. The van der Waals surface area contributed by atoms with Crippen molar-refractivity contribution >= 4 is 33.3 Å². The zero-order valence-corrected chi connectivity index (χ0v) is 13.6.